The Hall–Kier alpha value is -1.79. The van der Waals surface area contributed by atoms with Crippen molar-refractivity contribution < 1.29 is 13.9 Å². The molecule has 0 unspecified atom stereocenters. The van der Waals surface area contributed by atoms with Crippen molar-refractivity contribution in [2.24, 2.45) is 0 Å². The molecule has 6 heteroatoms. The maximum Gasteiger partial charge on any atom is 0.271 e. The average molecular weight is 348 g/mol. The second-order valence-electron chi connectivity index (χ2n) is 6.69. The van der Waals surface area contributed by atoms with Crippen LogP contribution in [0.15, 0.2) is 24.3 Å². The van der Waals surface area contributed by atoms with E-state index in [1.54, 1.807) is 12.1 Å². The quantitative estimate of drug-likeness (QED) is 0.914. The smallest absolute Gasteiger partial charge is 0.271 e. The molecule has 1 aromatic heterocycles. The molecule has 1 aliphatic heterocycles. The van der Waals surface area contributed by atoms with Crippen LogP contribution in [0.4, 0.5) is 4.39 Å². The van der Waals surface area contributed by atoms with Crippen molar-refractivity contribution in [3.05, 3.63) is 40.8 Å². The number of hydrogen-bond acceptors (Lipinski definition) is 4. The molecule has 128 valence electrons. The average Bonchev–Trinajstić information content (AvgIpc) is 2.88. The first-order valence-electron chi connectivity index (χ1n) is 8.02. The van der Waals surface area contributed by atoms with E-state index in [4.69, 9.17) is 4.74 Å². The lowest BCUT2D eigenvalue weighted by Gasteiger charge is -2.35. The standard InChI is InChI=1S/C18H21FN2O2S/c1-11-20-15(16(24-11)12-5-4-6-13(19)9-12)17(22)21-14-7-8-23-18(2,3)10-14/h4-6,9,14H,7-8,10H2,1-3H3,(H,21,22)/t14-/m1/s1. The highest BCUT2D eigenvalue weighted by molar-refractivity contribution is 7.15. The lowest BCUT2D eigenvalue weighted by molar-refractivity contribution is -0.0615. The van der Waals surface area contributed by atoms with E-state index in [2.05, 4.69) is 10.3 Å². The fourth-order valence-electron chi connectivity index (χ4n) is 3.02. The highest BCUT2D eigenvalue weighted by Crippen LogP contribution is 2.31. The topological polar surface area (TPSA) is 51.2 Å². The Bertz CT molecular complexity index is 757. The molecule has 2 heterocycles. The summed E-state index contributed by atoms with van der Waals surface area (Å²) in [6, 6.07) is 6.32. The summed E-state index contributed by atoms with van der Waals surface area (Å²) in [6.45, 7) is 6.53. The first-order valence-corrected chi connectivity index (χ1v) is 8.84. The largest absolute Gasteiger partial charge is 0.375 e. The Morgan fingerprint density at radius 3 is 2.96 bits per heavy atom. The third-order valence-electron chi connectivity index (χ3n) is 4.07. The summed E-state index contributed by atoms with van der Waals surface area (Å²) in [5, 5.41) is 3.84. The lowest BCUT2D eigenvalue weighted by Crippen LogP contribution is -2.46. The number of aromatic nitrogens is 1. The second-order valence-corrected chi connectivity index (χ2v) is 7.90. The zero-order chi connectivity index (χ0) is 17.3. The molecule has 1 atom stereocenters. The Labute approximate surface area is 145 Å². The number of carbonyl (C=O) groups is 1. The van der Waals surface area contributed by atoms with Crippen LogP contribution in [0, 0.1) is 12.7 Å². The first kappa shape index (κ1) is 17.0. The van der Waals surface area contributed by atoms with E-state index in [0.717, 1.165) is 17.8 Å². The molecule has 0 bridgehead atoms. The lowest BCUT2D eigenvalue weighted by atomic mass is 9.94. The first-order chi connectivity index (χ1) is 11.3. The summed E-state index contributed by atoms with van der Waals surface area (Å²) >= 11 is 1.40. The fourth-order valence-corrected chi connectivity index (χ4v) is 3.93. The van der Waals surface area contributed by atoms with Gasteiger partial charge in [-0.1, -0.05) is 12.1 Å². The monoisotopic (exact) mass is 348 g/mol. The SMILES string of the molecule is Cc1nc(C(=O)N[C@@H]2CCOC(C)(C)C2)c(-c2cccc(F)c2)s1. The van der Waals surface area contributed by atoms with Crippen LogP contribution in [0.1, 0.15) is 42.2 Å². The Balaban J connectivity index is 1.83. The number of benzene rings is 1. The number of amides is 1. The van der Waals surface area contributed by atoms with Crippen LogP contribution in [0.3, 0.4) is 0 Å². The summed E-state index contributed by atoms with van der Waals surface area (Å²) < 4.78 is 19.2. The van der Waals surface area contributed by atoms with Gasteiger partial charge in [0.15, 0.2) is 0 Å². The van der Waals surface area contributed by atoms with Crippen molar-refractivity contribution in [1.82, 2.24) is 10.3 Å². The third kappa shape index (κ3) is 3.82. The zero-order valence-corrected chi connectivity index (χ0v) is 14.9. The molecule has 2 aromatic rings. The molecular weight excluding hydrogens is 327 g/mol. The Morgan fingerprint density at radius 2 is 2.25 bits per heavy atom. The van der Waals surface area contributed by atoms with Crippen molar-refractivity contribution in [3.8, 4) is 10.4 Å². The van der Waals surface area contributed by atoms with Crippen molar-refractivity contribution in [2.75, 3.05) is 6.61 Å². The van der Waals surface area contributed by atoms with Gasteiger partial charge in [0.1, 0.15) is 11.5 Å². The molecule has 1 fully saturated rings. The number of halogens is 1. The van der Waals surface area contributed by atoms with Crippen LogP contribution in [0.2, 0.25) is 0 Å². The van der Waals surface area contributed by atoms with Crippen LogP contribution >= 0.6 is 11.3 Å². The highest BCUT2D eigenvalue weighted by Gasteiger charge is 2.30. The normalized spacial score (nSPS) is 19.9. The van der Waals surface area contributed by atoms with Crippen molar-refractivity contribution >= 4 is 17.2 Å². The molecule has 1 saturated heterocycles. The minimum atomic E-state index is -0.323. The minimum Gasteiger partial charge on any atom is -0.375 e. The van der Waals surface area contributed by atoms with Crippen molar-refractivity contribution in [3.63, 3.8) is 0 Å². The number of rotatable bonds is 3. The van der Waals surface area contributed by atoms with Gasteiger partial charge >= 0.3 is 0 Å². The fraction of sp³-hybridized carbons (Fsp3) is 0.444. The number of carbonyl (C=O) groups excluding carboxylic acids is 1. The Kier molecular flexibility index (Phi) is 4.69. The van der Waals surface area contributed by atoms with Gasteiger partial charge in [-0.15, -0.1) is 11.3 Å². The molecule has 1 aromatic carbocycles. The molecule has 1 aliphatic rings. The summed E-state index contributed by atoms with van der Waals surface area (Å²) in [5.74, 6) is -0.530. The van der Waals surface area contributed by atoms with Gasteiger partial charge in [-0.05, 0) is 51.3 Å². The van der Waals surface area contributed by atoms with E-state index in [9.17, 15) is 9.18 Å². The molecule has 24 heavy (non-hydrogen) atoms. The number of hydrogen-bond donors (Lipinski definition) is 1. The molecule has 0 saturated carbocycles. The molecule has 0 spiro atoms. The minimum absolute atomic E-state index is 0.0589. The number of ether oxygens (including phenoxy) is 1. The van der Waals surface area contributed by atoms with Gasteiger partial charge in [-0.25, -0.2) is 9.37 Å². The van der Waals surface area contributed by atoms with Crippen molar-refractivity contribution in [2.45, 2.75) is 45.3 Å². The molecule has 4 nitrogen and oxygen atoms in total. The van der Waals surface area contributed by atoms with Crippen LogP contribution in [0.25, 0.3) is 10.4 Å². The summed E-state index contributed by atoms with van der Waals surface area (Å²) in [7, 11) is 0. The predicted octanol–water partition coefficient (Wildman–Crippen LogP) is 3.95. The molecular formula is C18H21FN2O2S. The van der Waals surface area contributed by atoms with Gasteiger partial charge in [0.25, 0.3) is 5.91 Å². The van der Waals surface area contributed by atoms with Crippen LogP contribution in [0.5, 0.6) is 0 Å². The van der Waals surface area contributed by atoms with Gasteiger partial charge in [0.2, 0.25) is 0 Å². The maximum absolute atomic E-state index is 13.5. The van der Waals surface area contributed by atoms with Crippen LogP contribution < -0.4 is 5.32 Å². The highest BCUT2D eigenvalue weighted by atomic mass is 32.1. The van der Waals surface area contributed by atoms with E-state index in [1.807, 2.05) is 20.8 Å². The van der Waals surface area contributed by atoms with Crippen LogP contribution in [-0.4, -0.2) is 29.1 Å². The molecule has 1 N–H and O–H groups in total. The number of thiazole rings is 1. The van der Waals surface area contributed by atoms with E-state index < -0.39 is 0 Å². The van der Waals surface area contributed by atoms with Gasteiger partial charge in [0.05, 0.1) is 15.5 Å². The van der Waals surface area contributed by atoms with E-state index in [0.29, 0.717) is 22.7 Å². The number of aryl methyl sites for hydroxylation is 1. The van der Waals surface area contributed by atoms with Crippen molar-refractivity contribution in [1.29, 1.82) is 0 Å². The molecule has 0 aliphatic carbocycles. The Morgan fingerprint density at radius 1 is 1.46 bits per heavy atom. The number of nitrogens with zero attached hydrogens (tertiary/aromatic N) is 1. The van der Waals surface area contributed by atoms with E-state index in [1.165, 1.54) is 23.5 Å². The van der Waals surface area contributed by atoms with E-state index >= 15 is 0 Å². The molecule has 0 radical (unpaired) electrons. The second kappa shape index (κ2) is 6.61. The number of nitrogens with one attached hydrogen (secondary N) is 1. The summed E-state index contributed by atoms with van der Waals surface area (Å²) in [5.41, 5.74) is 0.810. The van der Waals surface area contributed by atoms with Gasteiger partial charge in [-0.2, -0.15) is 0 Å². The van der Waals surface area contributed by atoms with Crippen LogP contribution in [-0.2, 0) is 4.74 Å². The predicted molar refractivity (Wildman–Crippen MR) is 92.8 cm³/mol. The zero-order valence-electron chi connectivity index (χ0n) is 14.1. The summed E-state index contributed by atoms with van der Waals surface area (Å²) in [6.07, 6.45) is 1.55. The molecule has 3 rings (SSSR count). The van der Waals surface area contributed by atoms with Gasteiger partial charge in [0, 0.05) is 12.6 Å². The maximum atomic E-state index is 13.5. The molecule has 1 amide bonds. The third-order valence-corrected chi connectivity index (χ3v) is 5.09. The van der Waals surface area contributed by atoms with Gasteiger partial charge < -0.3 is 10.1 Å². The van der Waals surface area contributed by atoms with Gasteiger partial charge in [-0.3, -0.25) is 4.79 Å². The van der Waals surface area contributed by atoms with E-state index in [-0.39, 0.29) is 23.4 Å². The summed E-state index contributed by atoms with van der Waals surface area (Å²) in [4.78, 5) is 17.8.